The van der Waals surface area contributed by atoms with Crippen LogP contribution in [0.5, 0.6) is 5.75 Å². The topological polar surface area (TPSA) is 71.7 Å². The molecule has 0 aliphatic carbocycles. The van der Waals surface area contributed by atoms with E-state index in [2.05, 4.69) is 38.1 Å². The lowest BCUT2D eigenvalue weighted by Crippen LogP contribution is -2.59. The summed E-state index contributed by atoms with van der Waals surface area (Å²) in [7, 11) is 3.78. The molecule has 9 heteroatoms. The monoisotopic (exact) mass is 381 g/mol. The second-order valence-corrected chi connectivity index (χ2v) is 7.70. The molecule has 1 fully saturated rings. The highest BCUT2D eigenvalue weighted by atomic mass is 32.1. The van der Waals surface area contributed by atoms with Gasteiger partial charge >= 0.3 is 0 Å². The minimum atomic E-state index is 0.388. The second-order valence-electron chi connectivity index (χ2n) is 6.69. The minimum Gasteiger partial charge on any atom is -0.497 e. The number of anilines is 2. The van der Waals surface area contributed by atoms with E-state index in [0.29, 0.717) is 6.04 Å². The number of methoxy groups -OCH3 is 1. The maximum absolute atomic E-state index is 5.30. The molecule has 1 saturated heterocycles. The Balaban J connectivity index is 1.35. The molecule has 0 N–H and O–H groups in total. The van der Waals surface area contributed by atoms with Crippen molar-refractivity contribution in [2.75, 3.05) is 37.0 Å². The molecule has 0 saturated carbocycles. The van der Waals surface area contributed by atoms with Gasteiger partial charge in [-0.25, -0.2) is 9.97 Å². The third kappa shape index (κ3) is 2.57. The number of ether oxygens (including phenoxy) is 1. The lowest BCUT2D eigenvalue weighted by atomic mass is 10.1. The van der Waals surface area contributed by atoms with Gasteiger partial charge in [0.25, 0.3) is 0 Å². The Morgan fingerprint density at radius 3 is 2.93 bits per heavy atom. The average molecular weight is 381 g/mol. The van der Waals surface area contributed by atoms with Gasteiger partial charge in [0.15, 0.2) is 10.9 Å². The van der Waals surface area contributed by atoms with Crippen LogP contribution in [0.4, 0.5) is 10.9 Å². The highest BCUT2D eigenvalue weighted by molar-refractivity contribution is 7.22. The summed E-state index contributed by atoms with van der Waals surface area (Å²) in [4.78, 5) is 13.8. The van der Waals surface area contributed by atoms with Gasteiger partial charge < -0.3 is 14.5 Å². The molecule has 1 aliphatic rings. The Labute approximate surface area is 160 Å². The van der Waals surface area contributed by atoms with E-state index < -0.39 is 0 Å². The molecule has 3 aromatic heterocycles. The van der Waals surface area contributed by atoms with Crippen LogP contribution in [0.15, 0.2) is 30.6 Å². The molecule has 0 atom stereocenters. The van der Waals surface area contributed by atoms with E-state index in [1.165, 1.54) is 4.70 Å². The zero-order valence-electron chi connectivity index (χ0n) is 15.3. The van der Waals surface area contributed by atoms with Crippen LogP contribution < -0.4 is 14.5 Å². The third-order valence-corrected chi connectivity index (χ3v) is 6.20. The van der Waals surface area contributed by atoms with Crippen molar-refractivity contribution in [2.45, 2.75) is 13.0 Å². The molecule has 1 aromatic carbocycles. The molecule has 0 bridgehead atoms. The lowest BCUT2D eigenvalue weighted by molar-refractivity contribution is 0.415. The smallest absolute Gasteiger partial charge is 0.203 e. The van der Waals surface area contributed by atoms with Crippen molar-refractivity contribution in [3.8, 4) is 5.75 Å². The zero-order valence-corrected chi connectivity index (χ0v) is 16.1. The standard InChI is InChI=1S/C18H19N7OS/c1-11-21-22-17-16(19-6-7-25(11)17)24-9-12(10-24)23(2)18-20-14-8-13(26-3)4-5-15(14)27-18/h4-8,12H,9-10H2,1-3H3. The SMILES string of the molecule is COc1ccc2sc(N(C)C3CN(c4nccn5c(C)nnc45)C3)nc2c1. The van der Waals surface area contributed by atoms with Gasteiger partial charge in [-0.05, 0) is 19.1 Å². The Kier molecular flexibility index (Phi) is 3.64. The fraction of sp³-hybridized carbons (Fsp3) is 0.333. The summed E-state index contributed by atoms with van der Waals surface area (Å²) in [5.41, 5.74) is 1.78. The number of nitrogens with zero attached hydrogens (tertiary/aromatic N) is 7. The predicted molar refractivity (Wildman–Crippen MR) is 106 cm³/mol. The van der Waals surface area contributed by atoms with Crippen LogP contribution in [0.3, 0.4) is 0 Å². The number of benzene rings is 1. The van der Waals surface area contributed by atoms with Gasteiger partial charge in [0.05, 0.1) is 23.4 Å². The first kappa shape index (κ1) is 16.2. The fourth-order valence-electron chi connectivity index (χ4n) is 3.35. The summed E-state index contributed by atoms with van der Waals surface area (Å²) in [6.45, 7) is 3.71. The molecule has 138 valence electrons. The predicted octanol–water partition coefficient (Wildman–Crippen LogP) is 2.38. The van der Waals surface area contributed by atoms with Crippen LogP contribution in [0.1, 0.15) is 5.82 Å². The summed E-state index contributed by atoms with van der Waals surface area (Å²) in [5, 5.41) is 9.44. The number of hydrogen-bond donors (Lipinski definition) is 0. The maximum Gasteiger partial charge on any atom is 0.203 e. The van der Waals surface area contributed by atoms with Gasteiger partial charge in [0.1, 0.15) is 11.6 Å². The van der Waals surface area contributed by atoms with E-state index in [1.54, 1.807) is 24.6 Å². The van der Waals surface area contributed by atoms with Crippen molar-refractivity contribution in [3.63, 3.8) is 0 Å². The minimum absolute atomic E-state index is 0.388. The molecule has 27 heavy (non-hydrogen) atoms. The Bertz CT molecular complexity index is 1130. The van der Waals surface area contributed by atoms with Crippen LogP contribution in [0.25, 0.3) is 15.9 Å². The summed E-state index contributed by atoms with van der Waals surface area (Å²) >= 11 is 1.70. The molecule has 5 rings (SSSR count). The zero-order chi connectivity index (χ0) is 18.5. The average Bonchev–Trinajstić information content (AvgIpc) is 3.24. The van der Waals surface area contributed by atoms with Gasteiger partial charge in [-0.15, -0.1) is 10.2 Å². The van der Waals surface area contributed by atoms with E-state index in [-0.39, 0.29) is 0 Å². The normalized spacial score (nSPS) is 14.7. The van der Waals surface area contributed by atoms with Gasteiger partial charge in [-0.1, -0.05) is 11.3 Å². The number of hydrogen-bond acceptors (Lipinski definition) is 8. The van der Waals surface area contributed by atoms with Crippen LogP contribution in [-0.4, -0.2) is 57.9 Å². The van der Waals surface area contributed by atoms with Crippen molar-refractivity contribution in [1.29, 1.82) is 0 Å². The molecular weight excluding hydrogens is 362 g/mol. The quantitative estimate of drug-likeness (QED) is 0.537. The summed E-state index contributed by atoms with van der Waals surface area (Å²) in [5.74, 6) is 2.59. The maximum atomic E-state index is 5.30. The number of aryl methyl sites for hydroxylation is 1. The van der Waals surface area contributed by atoms with Crippen LogP contribution in [0.2, 0.25) is 0 Å². The van der Waals surface area contributed by atoms with Crippen LogP contribution in [-0.2, 0) is 0 Å². The summed E-state index contributed by atoms with van der Waals surface area (Å²) in [6.07, 6.45) is 3.70. The largest absolute Gasteiger partial charge is 0.497 e. The molecule has 8 nitrogen and oxygen atoms in total. The summed E-state index contributed by atoms with van der Waals surface area (Å²) < 4.78 is 8.43. The Morgan fingerprint density at radius 2 is 2.11 bits per heavy atom. The van der Waals surface area contributed by atoms with Crippen molar-refractivity contribution in [2.24, 2.45) is 0 Å². The Hall–Kier alpha value is -2.94. The highest BCUT2D eigenvalue weighted by Crippen LogP contribution is 2.33. The molecule has 0 amide bonds. The number of thiazole rings is 1. The van der Waals surface area contributed by atoms with E-state index in [4.69, 9.17) is 9.72 Å². The van der Waals surface area contributed by atoms with E-state index in [1.807, 2.05) is 29.7 Å². The molecule has 0 spiro atoms. The third-order valence-electron chi connectivity index (χ3n) is 5.07. The lowest BCUT2D eigenvalue weighted by Gasteiger charge is -2.44. The Morgan fingerprint density at radius 1 is 1.26 bits per heavy atom. The van der Waals surface area contributed by atoms with Crippen molar-refractivity contribution in [3.05, 3.63) is 36.4 Å². The number of likely N-dealkylation sites (N-methyl/N-ethyl adjacent to an activating group) is 1. The summed E-state index contributed by atoms with van der Waals surface area (Å²) in [6, 6.07) is 6.41. The number of fused-ring (bicyclic) bond motifs is 2. The van der Waals surface area contributed by atoms with Crippen molar-refractivity contribution < 1.29 is 4.74 Å². The first-order chi connectivity index (χ1) is 13.1. The molecule has 1 aliphatic heterocycles. The van der Waals surface area contributed by atoms with E-state index in [0.717, 1.165) is 46.8 Å². The van der Waals surface area contributed by atoms with Gasteiger partial charge in [-0.3, -0.25) is 4.40 Å². The van der Waals surface area contributed by atoms with Crippen molar-refractivity contribution >= 4 is 38.2 Å². The molecule has 4 heterocycles. The molecule has 4 aromatic rings. The van der Waals surface area contributed by atoms with E-state index >= 15 is 0 Å². The molecule has 0 unspecified atom stereocenters. The fourth-order valence-corrected chi connectivity index (χ4v) is 4.33. The van der Waals surface area contributed by atoms with Crippen LogP contribution in [0, 0.1) is 6.92 Å². The van der Waals surface area contributed by atoms with Crippen molar-refractivity contribution in [1.82, 2.24) is 24.6 Å². The van der Waals surface area contributed by atoms with E-state index in [9.17, 15) is 0 Å². The first-order valence-corrected chi connectivity index (χ1v) is 9.54. The first-order valence-electron chi connectivity index (χ1n) is 8.73. The number of rotatable bonds is 4. The van der Waals surface area contributed by atoms with Gasteiger partial charge in [0, 0.05) is 38.6 Å². The number of aromatic nitrogens is 5. The van der Waals surface area contributed by atoms with Gasteiger partial charge in [-0.2, -0.15) is 0 Å². The molecule has 0 radical (unpaired) electrons. The second kappa shape index (κ2) is 6.05. The van der Waals surface area contributed by atoms with Gasteiger partial charge in [0.2, 0.25) is 5.65 Å². The molecular formula is C18H19N7OS. The highest BCUT2D eigenvalue weighted by Gasteiger charge is 2.34. The van der Waals surface area contributed by atoms with Crippen LogP contribution >= 0.6 is 11.3 Å².